The molecule has 0 radical (unpaired) electrons. The van der Waals surface area contributed by atoms with E-state index < -0.39 is 5.97 Å². The Balaban J connectivity index is 2.55. The summed E-state index contributed by atoms with van der Waals surface area (Å²) < 4.78 is 0. The van der Waals surface area contributed by atoms with Gasteiger partial charge in [0.15, 0.2) is 0 Å². The average molecular weight is 294 g/mol. The summed E-state index contributed by atoms with van der Waals surface area (Å²) >= 11 is 11.9. The Kier molecular flexibility index (Phi) is 4.20. The van der Waals surface area contributed by atoms with Gasteiger partial charge in [0, 0.05) is 28.0 Å². The van der Waals surface area contributed by atoms with Crippen molar-refractivity contribution < 1.29 is 9.90 Å². The average Bonchev–Trinajstić information content (AvgIpc) is 2.40. The number of aromatic nitrogens is 1. The third-order valence-electron chi connectivity index (χ3n) is 2.44. The van der Waals surface area contributed by atoms with E-state index in [9.17, 15) is 9.90 Å². The summed E-state index contributed by atoms with van der Waals surface area (Å²) in [4.78, 5) is 15.3. The molecule has 1 heterocycles. The van der Waals surface area contributed by atoms with Crippen molar-refractivity contribution in [3.63, 3.8) is 0 Å². The monoisotopic (exact) mass is 293 g/mol. The van der Waals surface area contributed by atoms with Gasteiger partial charge in [0.05, 0.1) is 5.57 Å². The molecular weight excluding hydrogens is 285 g/mol. The van der Waals surface area contributed by atoms with E-state index in [4.69, 9.17) is 23.2 Å². The molecule has 1 aromatic carbocycles. The number of carboxylic acid groups (broad SMARTS) is 1. The van der Waals surface area contributed by atoms with Gasteiger partial charge in [-0.15, -0.1) is 0 Å². The largest absolute Gasteiger partial charge is 0.478 e. The first kappa shape index (κ1) is 13.6. The van der Waals surface area contributed by atoms with Crippen molar-refractivity contribution in [3.05, 3.63) is 63.9 Å². The lowest BCUT2D eigenvalue weighted by Gasteiger charge is -2.06. The summed E-state index contributed by atoms with van der Waals surface area (Å²) in [5.74, 6) is -1.08. The number of halogens is 2. The van der Waals surface area contributed by atoms with Gasteiger partial charge in [-0.3, -0.25) is 4.98 Å². The number of pyridine rings is 1. The number of benzene rings is 1. The first-order chi connectivity index (χ1) is 9.08. The zero-order valence-electron chi connectivity index (χ0n) is 9.68. The minimum atomic E-state index is -1.08. The van der Waals surface area contributed by atoms with Gasteiger partial charge in [0.2, 0.25) is 0 Å². The van der Waals surface area contributed by atoms with E-state index in [2.05, 4.69) is 4.98 Å². The SMILES string of the molecule is O=C(O)/C(=C\c1cccnc1)c1cc(Cl)ccc1Cl. The minimum absolute atomic E-state index is 0.0699. The highest BCUT2D eigenvalue weighted by Gasteiger charge is 2.14. The second-order valence-electron chi connectivity index (χ2n) is 3.77. The molecule has 1 N–H and O–H groups in total. The van der Waals surface area contributed by atoms with Crippen molar-refractivity contribution in [2.75, 3.05) is 0 Å². The third-order valence-corrected chi connectivity index (χ3v) is 3.01. The summed E-state index contributed by atoms with van der Waals surface area (Å²) in [5.41, 5.74) is 1.13. The lowest BCUT2D eigenvalue weighted by Crippen LogP contribution is -2.00. The van der Waals surface area contributed by atoms with Gasteiger partial charge < -0.3 is 5.11 Å². The Morgan fingerprint density at radius 3 is 2.68 bits per heavy atom. The van der Waals surface area contributed by atoms with Crippen molar-refractivity contribution in [2.45, 2.75) is 0 Å². The normalized spacial score (nSPS) is 11.4. The van der Waals surface area contributed by atoms with Gasteiger partial charge in [-0.1, -0.05) is 29.3 Å². The van der Waals surface area contributed by atoms with Crippen molar-refractivity contribution in [1.82, 2.24) is 4.98 Å². The molecule has 5 heteroatoms. The maximum Gasteiger partial charge on any atom is 0.336 e. The number of nitrogens with zero attached hydrogens (tertiary/aromatic N) is 1. The molecule has 0 bridgehead atoms. The van der Waals surface area contributed by atoms with Crippen molar-refractivity contribution in [1.29, 1.82) is 0 Å². The maximum atomic E-state index is 11.4. The molecule has 0 spiro atoms. The van der Waals surface area contributed by atoms with Crippen molar-refractivity contribution in [2.24, 2.45) is 0 Å². The van der Waals surface area contributed by atoms with Gasteiger partial charge in [0.25, 0.3) is 0 Å². The summed E-state index contributed by atoms with van der Waals surface area (Å²) in [6, 6.07) is 8.19. The van der Waals surface area contributed by atoms with E-state index in [1.54, 1.807) is 36.7 Å². The second-order valence-corrected chi connectivity index (χ2v) is 4.62. The summed E-state index contributed by atoms with van der Waals surface area (Å²) in [5, 5.41) is 10.1. The topological polar surface area (TPSA) is 50.2 Å². The van der Waals surface area contributed by atoms with E-state index in [0.29, 0.717) is 21.2 Å². The number of carboxylic acids is 1. The van der Waals surface area contributed by atoms with Crippen LogP contribution >= 0.6 is 23.2 Å². The van der Waals surface area contributed by atoms with Gasteiger partial charge in [0.1, 0.15) is 0 Å². The predicted molar refractivity (Wildman–Crippen MR) is 76.2 cm³/mol. The van der Waals surface area contributed by atoms with Crippen LogP contribution in [0.1, 0.15) is 11.1 Å². The molecule has 1 aromatic heterocycles. The molecule has 3 nitrogen and oxygen atoms in total. The summed E-state index contributed by atoms with van der Waals surface area (Å²) in [7, 11) is 0. The van der Waals surface area contributed by atoms with E-state index in [1.165, 1.54) is 12.1 Å². The fraction of sp³-hybridized carbons (Fsp3) is 0. The molecule has 0 saturated carbocycles. The Morgan fingerprint density at radius 2 is 2.05 bits per heavy atom. The fourth-order valence-corrected chi connectivity index (χ4v) is 1.98. The van der Waals surface area contributed by atoms with Crippen LogP contribution in [-0.2, 0) is 4.79 Å². The van der Waals surface area contributed by atoms with Crippen LogP contribution in [0.3, 0.4) is 0 Å². The van der Waals surface area contributed by atoms with Crippen LogP contribution in [0, 0.1) is 0 Å². The number of aliphatic carboxylic acids is 1. The van der Waals surface area contributed by atoms with Gasteiger partial charge in [-0.25, -0.2) is 4.79 Å². The number of rotatable bonds is 3. The highest BCUT2D eigenvalue weighted by molar-refractivity contribution is 6.37. The molecule has 0 saturated heterocycles. The minimum Gasteiger partial charge on any atom is -0.478 e. The van der Waals surface area contributed by atoms with E-state index in [-0.39, 0.29) is 5.57 Å². The summed E-state index contributed by atoms with van der Waals surface area (Å²) in [6.45, 7) is 0. The first-order valence-electron chi connectivity index (χ1n) is 5.38. The Bertz CT molecular complexity index is 639. The maximum absolute atomic E-state index is 11.4. The Morgan fingerprint density at radius 1 is 1.26 bits per heavy atom. The van der Waals surface area contributed by atoms with Gasteiger partial charge in [-0.05, 0) is 35.9 Å². The van der Waals surface area contributed by atoms with Crippen LogP contribution in [0.5, 0.6) is 0 Å². The van der Waals surface area contributed by atoms with Crippen LogP contribution in [0.25, 0.3) is 11.6 Å². The lowest BCUT2D eigenvalue weighted by atomic mass is 10.0. The van der Waals surface area contributed by atoms with Gasteiger partial charge >= 0.3 is 5.97 Å². The zero-order chi connectivity index (χ0) is 13.8. The second kappa shape index (κ2) is 5.87. The molecule has 96 valence electrons. The molecule has 0 atom stereocenters. The molecule has 2 aromatic rings. The van der Waals surface area contributed by atoms with Crippen LogP contribution in [0.15, 0.2) is 42.7 Å². The van der Waals surface area contributed by atoms with Crippen molar-refractivity contribution in [3.8, 4) is 0 Å². The van der Waals surface area contributed by atoms with Crippen LogP contribution in [0.4, 0.5) is 0 Å². The predicted octanol–water partition coefficient (Wildman–Crippen LogP) is 4.01. The molecule has 0 aliphatic heterocycles. The highest BCUT2D eigenvalue weighted by atomic mass is 35.5. The van der Waals surface area contributed by atoms with E-state index in [0.717, 1.165) is 0 Å². The molecule has 2 rings (SSSR count). The molecule has 0 aliphatic rings. The van der Waals surface area contributed by atoms with Crippen molar-refractivity contribution >= 4 is 40.8 Å². The fourth-order valence-electron chi connectivity index (χ4n) is 1.59. The molecule has 0 amide bonds. The van der Waals surface area contributed by atoms with Gasteiger partial charge in [-0.2, -0.15) is 0 Å². The quantitative estimate of drug-likeness (QED) is 0.870. The standard InChI is InChI=1S/C14H9Cl2NO2/c15-10-3-4-13(16)11(7-10)12(14(18)19)6-9-2-1-5-17-8-9/h1-8H,(H,18,19)/b12-6-. The highest BCUT2D eigenvalue weighted by Crippen LogP contribution is 2.28. The molecule has 0 unspecified atom stereocenters. The number of carbonyl (C=O) groups is 1. The lowest BCUT2D eigenvalue weighted by molar-refractivity contribution is -0.130. The Hall–Kier alpha value is -1.84. The number of hydrogen-bond acceptors (Lipinski definition) is 2. The van der Waals surface area contributed by atoms with Crippen LogP contribution in [0.2, 0.25) is 10.0 Å². The van der Waals surface area contributed by atoms with Crippen LogP contribution in [-0.4, -0.2) is 16.1 Å². The van der Waals surface area contributed by atoms with E-state index in [1.807, 2.05) is 0 Å². The zero-order valence-corrected chi connectivity index (χ0v) is 11.2. The van der Waals surface area contributed by atoms with Crippen LogP contribution < -0.4 is 0 Å². The molecule has 19 heavy (non-hydrogen) atoms. The Labute approximate surface area is 120 Å². The molecule has 0 aliphatic carbocycles. The summed E-state index contributed by atoms with van der Waals surface area (Å²) in [6.07, 6.45) is 4.69. The number of hydrogen-bond donors (Lipinski definition) is 1. The third kappa shape index (κ3) is 3.34. The smallest absolute Gasteiger partial charge is 0.336 e. The first-order valence-corrected chi connectivity index (χ1v) is 6.14. The molecule has 0 fully saturated rings. The molecular formula is C14H9Cl2NO2. The van der Waals surface area contributed by atoms with E-state index >= 15 is 0 Å².